The van der Waals surface area contributed by atoms with Gasteiger partial charge in [0, 0.05) is 6.54 Å². The van der Waals surface area contributed by atoms with Crippen LogP contribution < -0.4 is 0 Å². The summed E-state index contributed by atoms with van der Waals surface area (Å²) in [5, 5.41) is 17.9. The molecule has 0 aromatic heterocycles. The average Bonchev–Trinajstić information content (AvgIpc) is 2.64. The van der Waals surface area contributed by atoms with Gasteiger partial charge in [0.1, 0.15) is 0 Å². The average molecular weight is 249 g/mol. The lowest BCUT2D eigenvalue weighted by molar-refractivity contribution is 0.0616. The third-order valence-electron chi connectivity index (χ3n) is 3.01. The molecule has 96 valence electrons. The van der Waals surface area contributed by atoms with Crippen molar-refractivity contribution in [3.8, 4) is 0 Å². The molecule has 1 atom stereocenters. The number of nitrogens with zero attached hydrogens (tertiary/aromatic N) is 1. The van der Waals surface area contributed by atoms with Crippen molar-refractivity contribution in [1.29, 1.82) is 0 Å². The molecule has 1 heterocycles. The maximum atomic E-state index is 11.9. The van der Waals surface area contributed by atoms with E-state index < -0.39 is 6.10 Å². The van der Waals surface area contributed by atoms with Crippen molar-refractivity contribution < 1.29 is 19.8 Å². The molecular weight excluding hydrogens is 234 g/mol. The van der Waals surface area contributed by atoms with Gasteiger partial charge >= 0.3 is 0 Å². The fraction of sp³-hybridized carbons (Fsp3) is 0.385. The molecule has 0 aliphatic carbocycles. The number of amides is 2. The van der Waals surface area contributed by atoms with Crippen LogP contribution >= 0.6 is 0 Å². The molecule has 2 rings (SSSR count). The van der Waals surface area contributed by atoms with Crippen molar-refractivity contribution in [3.63, 3.8) is 0 Å². The Balaban J connectivity index is 2.01. The van der Waals surface area contributed by atoms with Crippen molar-refractivity contribution in [2.75, 3.05) is 13.2 Å². The molecule has 0 saturated carbocycles. The molecule has 0 fully saturated rings. The molecular formula is C13H15NO4. The summed E-state index contributed by atoms with van der Waals surface area (Å²) in [7, 11) is 0. The molecule has 0 bridgehead atoms. The predicted octanol–water partition coefficient (Wildman–Crippen LogP) is 0.416. The van der Waals surface area contributed by atoms with Crippen LogP contribution in [0.15, 0.2) is 24.3 Å². The molecule has 5 nitrogen and oxygen atoms in total. The second-order valence-electron chi connectivity index (χ2n) is 4.29. The van der Waals surface area contributed by atoms with E-state index in [1.165, 1.54) is 4.90 Å². The first-order chi connectivity index (χ1) is 8.65. The third-order valence-corrected chi connectivity index (χ3v) is 3.01. The van der Waals surface area contributed by atoms with Crippen molar-refractivity contribution in [3.05, 3.63) is 35.4 Å². The van der Waals surface area contributed by atoms with Gasteiger partial charge in [-0.05, 0) is 25.0 Å². The Morgan fingerprint density at radius 1 is 1.11 bits per heavy atom. The summed E-state index contributed by atoms with van der Waals surface area (Å²) in [6.45, 7) is -0.0362. The van der Waals surface area contributed by atoms with Crippen molar-refractivity contribution in [2.24, 2.45) is 0 Å². The summed E-state index contributed by atoms with van der Waals surface area (Å²) in [5.41, 5.74) is 0.871. The highest BCUT2D eigenvalue weighted by molar-refractivity contribution is 6.21. The second kappa shape index (κ2) is 5.29. The summed E-state index contributed by atoms with van der Waals surface area (Å²) < 4.78 is 0. The number of benzene rings is 1. The molecule has 1 aliphatic rings. The van der Waals surface area contributed by atoms with Crippen LogP contribution in [0.1, 0.15) is 33.6 Å². The van der Waals surface area contributed by atoms with E-state index in [2.05, 4.69) is 0 Å². The maximum Gasteiger partial charge on any atom is 0.261 e. The zero-order valence-corrected chi connectivity index (χ0v) is 9.87. The van der Waals surface area contributed by atoms with Gasteiger partial charge in [-0.25, -0.2) is 0 Å². The van der Waals surface area contributed by atoms with Gasteiger partial charge in [-0.3, -0.25) is 14.5 Å². The van der Waals surface area contributed by atoms with Crippen LogP contribution in [0.5, 0.6) is 0 Å². The lowest BCUT2D eigenvalue weighted by Gasteiger charge is -2.14. The Kier molecular flexibility index (Phi) is 3.74. The molecule has 1 aromatic rings. The quantitative estimate of drug-likeness (QED) is 0.741. The van der Waals surface area contributed by atoms with Crippen LogP contribution in [-0.2, 0) is 0 Å². The Labute approximate surface area is 105 Å². The van der Waals surface area contributed by atoms with E-state index in [9.17, 15) is 14.7 Å². The zero-order chi connectivity index (χ0) is 13.1. The highest BCUT2D eigenvalue weighted by Gasteiger charge is 2.34. The first kappa shape index (κ1) is 12.7. The number of rotatable bonds is 5. The zero-order valence-electron chi connectivity index (χ0n) is 9.87. The SMILES string of the molecule is O=C1c2ccccc2C(=O)N1CCC[C@@H](O)CO. The summed E-state index contributed by atoms with van der Waals surface area (Å²) in [4.78, 5) is 25.1. The van der Waals surface area contributed by atoms with Crippen molar-refractivity contribution >= 4 is 11.8 Å². The van der Waals surface area contributed by atoms with Crippen LogP contribution in [0.2, 0.25) is 0 Å². The van der Waals surface area contributed by atoms with Crippen LogP contribution in [0.4, 0.5) is 0 Å². The molecule has 18 heavy (non-hydrogen) atoms. The summed E-state index contributed by atoms with van der Waals surface area (Å²) in [5.74, 6) is -0.567. The Morgan fingerprint density at radius 2 is 1.67 bits per heavy atom. The van der Waals surface area contributed by atoms with E-state index in [0.29, 0.717) is 24.0 Å². The number of aliphatic hydroxyl groups is 2. The highest BCUT2D eigenvalue weighted by Crippen LogP contribution is 2.22. The molecule has 1 aromatic carbocycles. The normalized spacial score (nSPS) is 16.0. The number of carbonyl (C=O) groups excluding carboxylic acids is 2. The minimum atomic E-state index is -0.791. The predicted molar refractivity (Wildman–Crippen MR) is 64.1 cm³/mol. The second-order valence-corrected chi connectivity index (χ2v) is 4.29. The number of carbonyl (C=O) groups is 2. The number of imide groups is 1. The van der Waals surface area contributed by atoms with Crippen LogP contribution in [0.3, 0.4) is 0 Å². The van der Waals surface area contributed by atoms with Crippen molar-refractivity contribution in [2.45, 2.75) is 18.9 Å². The molecule has 0 radical (unpaired) electrons. The standard InChI is InChI=1S/C13H15NO4/c15-8-9(16)4-3-7-14-12(17)10-5-1-2-6-11(10)13(14)18/h1-2,5-6,9,15-16H,3-4,7-8H2/t9-/m1/s1. The van der Waals surface area contributed by atoms with E-state index in [-0.39, 0.29) is 25.0 Å². The van der Waals surface area contributed by atoms with E-state index in [4.69, 9.17) is 5.11 Å². The van der Waals surface area contributed by atoms with Gasteiger partial charge < -0.3 is 10.2 Å². The van der Waals surface area contributed by atoms with Crippen LogP contribution in [-0.4, -0.2) is 46.2 Å². The topological polar surface area (TPSA) is 77.8 Å². The molecule has 0 saturated heterocycles. The fourth-order valence-electron chi connectivity index (χ4n) is 2.02. The lowest BCUT2D eigenvalue weighted by atomic mass is 10.1. The van der Waals surface area contributed by atoms with Gasteiger partial charge in [0.05, 0.1) is 23.8 Å². The summed E-state index contributed by atoms with van der Waals surface area (Å²) in [6, 6.07) is 6.72. The first-order valence-electron chi connectivity index (χ1n) is 5.89. The maximum absolute atomic E-state index is 11.9. The van der Waals surface area contributed by atoms with Gasteiger partial charge in [0.15, 0.2) is 0 Å². The molecule has 5 heteroatoms. The van der Waals surface area contributed by atoms with E-state index in [0.717, 1.165) is 0 Å². The fourth-order valence-corrected chi connectivity index (χ4v) is 2.02. The molecule has 2 amide bonds. The Hall–Kier alpha value is -1.72. The third kappa shape index (κ3) is 2.27. The monoisotopic (exact) mass is 249 g/mol. The molecule has 2 N–H and O–H groups in total. The number of hydrogen-bond donors (Lipinski definition) is 2. The largest absolute Gasteiger partial charge is 0.394 e. The van der Waals surface area contributed by atoms with Gasteiger partial charge in [-0.1, -0.05) is 12.1 Å². The summed E-state index contributed by atoms with van der Waals surface area (Å²) in [6.07, 6.45) is 0.0528. The van der Waals surface area contributed by atoms with Gasteiger partial charge in [0.25, 0.3) is 11.8 Å². The smallest absolute Gasteiger partial charge is 0.261 e. The molecule has 0 spiro atoms. The van der Waals surface area contributed by atoms with Gasteiger partial charge in [0.2, 0.25) is 0 Å². The minimum absolute atomic E-state index is 0.267. The van der Waals surface area contributed by atoms with Crippen molar-refractivity contribution in [1.82, 2.24) is 4.90 Å². The van der Waals surface area contributed by atoms with Crippen LogP contribution in [0, 0.1) is 0 Å². The summed E-state index contributed by atoms with van der Waals surface area (Å²) >= 11 is 0. The lowest BCUT2D eigenvalue weighted by Crippen LogP contribution is -2.31. The number of hydrogen-bond acceptors (Lipinski definition) is 4. The van der Waals surface area contributed by atoms with E-state index in [1.54, 1.807) is 24.3 Å². The number of aliphatic hydroxyl groups excluding tert-OH is 2. The number of fused-ring (bicyclic) bond motifs is 1. The van der Waals surface area contributed by atoms with Crippen LogP contribution in [0.25, 0.3) is 0 Å². The van der Waals surface area contributed by atoms with Gasteiger partial charge in [-0.2, -0.15) is 0 Å². The molecule has 1 aliphatic heterocycles. The van der Waals surface area contributed by atoms with E-state index >= 15 is 0 Å². The minimum Gasteiger partial charge on any atom is -0.394 e. The molecule has 0 unspecified atom stereocenters. The Bertz CT molecular complexity index is 437. The van der Waals surface area contributed by atoms with Gasteiger partial charge in [-0.15, -0.1) is 0 Å². The van der Waals surface area contributed by atoms with E-state index in [1.807, 2.05) is 0 Å². The first-order valence-corrected chi connectivity index (χ1v) is 5.89. The Morgan fingerprint density at radius 3 is 2.17 bits per heavy atom. The highest BCUT2D eigenvalue weighted by atomic mass is 16.3.